The number of hydrogen-bond acceptors (Lipinski definition) is 4. The average molecular weight is 483 g/mol. The van der Waals surface area contributed by atoms with Crippen molar-refractivity contribution in [3.63, 3.8) is 0 Å². The van der Waals surface area contributed by atoms with Crippen LogP contribution in [0.3, 0.4) is 0 Å². The van der Waals surface area contributed by atoms with Crippen LogP contribution >= 0.6 is 11.6 Å². The number of barbiturate groups is 1. The van der Waals surface area contributed by atoms with Gasteiger partial charge in [-0.3, -0.25) is 14.9 Å². The van der Waals surface area contributed by atoms with E-state index in [0.29, 0.717) is 28.6 Å². The lowest BCUT2D eigenvalue weighted by molar-refractivity contribution is -0.122. The van der Waals surface area contributed by atoms with Crippen LogP contribution in [-0.2, 0) is 16.2 Å². The Morgan fingerprint density at radius 3 is 2.37 bits per heavy atom. The normalized spacial score (nSPS) is 14.9. The van der Waals surface area contributed by atoms with E-state index in [9.17, 15) is 14.4 Å². The van der Waals surface area contributed by atoms with Crippen molar-refractivity contribution < 1.29 is 19.1 Å². The van der Waals surface area contributed by atoms with Crippen molar-refractivity contribution in [1.82, 2.24) is 5.32 Å². The topological polar surface area (TPSA) is 75.7 Å². The van der Waals surface area contributed by atoms with Gasteiger partial charge < -0.3 is 4.74 Å². The molecule has 35 heavy (non-hydrogen) atoms. The molecule has 7 heteroatoms. The van der Waals surface area contributed by atoms with Crippen molar-refractivity contribution in [2.24, 2.45) is 0 Å². The molecule has 1 aliphatic rings. The fourth-order valence-electron chi connectivity index (χ4n) is 3.94. The first-order valence-electron chi connectivity index (χ1n) is 10.9. The monoisotopic (exact) mass is 482 g/mol. The third kappa shape index (κ3) is 4.52. The highest BCUT2D eigenvalue weighted by Gasteiger charge is 2.36. The summed E-state index contributed by atoms with van der Waals surface area (Å²) in [5.74, 6) is -0.998. The molecular formula is C28H19ClN2O4. The van der Waals surface area contributed by atoms with E-state index >= 15 is 0 Å². The molecule has 0 atom stereocenters. The first-order valence-corrected chi connectivity index (χ1v) is 11.2. The maximum absolute atomic E-state index is 13.2. The van der Waals surface area contributed by atoms with Crippen molar-refractivity contribution >= 4 is 52.0 Å². The van der Waals surface area contributed by atoms with Gasteiger partial charge in [-0.05, 0) is 52.7 Å². The van der Waals surface area contributed by atoms with Gasteiger partial charge in [0.15, 0.2) is 0 Å². The molecule has 0 unspecified atom stereocenters. The molecular weight excluding hydrogens is 464 g/mol. The number of benzene rings is 4. The Morgan fingerprint density at radius 2 is 1.54 bits per heavy atom. The maximum Gasteiger partial charge on any atom is 0.335 e. The first kappa shape index (κ1) is 22.4. The summed E-state index contributed by atoms with van der Waals surface area (Å²) in [5.41, 5.74) is 1.67. The number of rotatable bonds is 5. The molecule has 4 amide bonds. The quantitative estimate of drug-likeness (QED) is 0.291. The highest BCUT2D eigenvalue weighted by Crippen LogP contribution is 2.27. The van der Waals surface area contributed by atoms with Gasteiger partial charge in [-0.2, -0.15) is 0 Å². The Balaban J connectivity index is 1.45. The van der Waals surface area contributed by atoms with E-state index in [0.717, 1.165) is 21.2 Å². The zero-order valence-electron chi connectivity index (χ0n) is 18.4. The number of amides is 4. The number of halogens is 1. The Hall–Kier alpha value is -4.42. The van der Waals surface area contributed by atoms with Crippen LogP contribution < -0.4 is 15.0 Å². The molecule has 0 radical (unpaired) electrons. The number of nitrogens with zero attached hydrogens (tertiary/aromatic N) is 1. The summed E-state index contributed by atoms with van der Waals surface area (Å²) >= 11 is 5.92. The van der Waals surface area contributed by atoms with Crippen LogP contribution in [0.5, 0.6) is 5.75 Å². The first-order chi connectivity index (χ1) is 17.0. The molecule has 5 rings (SSSR count). The third-order valence-electron chi connectivity index (χ3n) is 5.67. The fourth-order valence-corrected chi connectivity index (χ4v) is 4.07. The standard InChI is InChI=1S/C28H19ClN2O4/c29-21-12-14-22(15-13-21)31-27(33)24(26(32)30-28(31)34)16-19-7-2-4-11-25(19)35-17-20-9-5-8-18-6-1-3-10-23(18)20/h1-16H,17H2,(H,30,32,34)/b24-16+. The van der Waals surface area contributed by atoms with Crippen molar-refractivity contribution in [2.45, 2.75) is 6.61 Å². The fraction of sp³-hybridized carbons (Fsp3) is 0.0357. The van der Waals surface area contributed by atoms with Crippen LogP contribution in [0.1, 0.15) is 11.1 Å². The molecule has 1 N–H and O–H groups in total. The summed E-state index contributed by atoms with van der Waals surface area (Å²) in [6, 6.07) is 26.5. The lowest BCUT2D eigenvalue weighted by Gasteiger charge is -2.26. The molecule has 4 aromatic rings. The van der Waals surface area contributed by atoms with Gasteiger partial charge in [-0.15, -0.1) is 0 Å². The predicted octanol–water partition coefficient (Wildman–Crippen LogP) is 5.74. The summed E-state index contributed by atoms with van der Waals surface area (Å²) in [6.07, 6.45) is 1.44. The number of anilines is 1. The molecule has 0 aliphatic carbocycles. The second-order valence-corrected chi connectivity index (χ2v) is 8.34. The highest BCUT2D eigenvalue weighted by atomic mass is 35.5. The molecule has 172 valence electrons. The molecule has 4 aromatic carbocycles. The van der Waals surface area contributed by atoms with Crippen LogP contribution in [0, 0.1) is 0 Å². The molecule has 1 saturated heterocycles. The molecule has 0 saturated carbocycles. The van der Waals surface area contributed by atoms with Gasteiger partial charge in [0.25, 0.3) is 11.8 Å². The molecule has 1 fully saturated rings. The summed E-state index contributed by atoms with van der Waals surface area (Å²) in [5, 5.41) is 4.89. The van der Waals surface area contributed by atoms with Crippen molar-refractivity contribution in [3.8, 4) is 5.75 Å². The lowest BCUT2D eigenvalue weighted by atomic mass is 10.0. The second kappa shape index (κ2) is 9.44. The van der Waals surface area contributed by atoms with Crippen LogP contribution in [-0.4, -0.2) is 17.8 Å². The lowest BCUT2D eigenvalue weighted by Crippen LogP contribution is -2.54. The molecule has 1 heterocycles. The van der Waals surface area contributed by atoms with Gasteiger partial charge in [-0.1, -0.05) is 72.3 Å². The summed E-state index contributed by atoms with van der Waals surface area (Å²) in [7, 11) is 0. The van der Waals surface area contributed by atoms with E-state index in [1.165, 1.54) is 18.2 Å². The molecule has 0 spiro atoms. The number of hydrogen-bond donors (Lipinski definition) is 1. The van der Waals surface area contributed by atoms with Crippen LogP contribution in [0.2, 0.25) is 5.02 Å². The SMILES string of the molecule is O=C1NC(=O)N(c2ccc(Cl)cc2)C(=O)/C1=C/c1ccccc1OCc1cccc2ccccc12. The van der Waals surface area contributed by atoms with E-state index < -0.39 is 17.8 Å². The largest absolute Gasteiger partial charge is 0.488 e. The van der Waals surface area contributed by atoms with Crippen LogP contribution in [0.4, 0.5) is 10.5 Å². The number of imide groups is 2. The van der Waals surface area contributed by atoms with Crippen molar-refractivity contribution in [3.05, 3.63) is 113 Å². The average Bonchev–Trinajstić information content (AvgIpc) is 2.87. The molecule has 1 aliphatic heterocycles. The van der Waals surface area contributed by atoms with E-state index in [1.807, 2.05) is 48.5 Å². The number of para-hydroxylation sites is 1. The number of carbonyl (C=O) groups is 3. The number of fused-ring (bicyclic) bond motifs is 1. The number of carbonyl (C=O) groups excluding carboxylic acids is 3. The summed E-state index contributed by atoms with van der Waals surface area (Å²) in [4.78, 5) is 39.1. The molecule has 0 aromatic heterocycles. The number of ether oxygens (including phenoxy) is 1. The van der Waals surface area contributed by atoms with Gasteiger partial charge in [-0.25, -0.2) is 9.69 Å². The number of nitrogens with one attached hydrogen (secondary N) is 1. The van der Waals surface area contributed by atoms with E-state index in [1.54, 1.807) is 30.3 Å². The highest BCUT2D eigenvalue weighted by molar-refractivity contribution is 6.39. The summed E-state index contributed by atoms with van der Waals surface area (Å²) < 4.78 is 6.11. The van der Waals surface area contributed by atoms with E-state index in [-0.39, 0.29) is 5.57 Å². The Bertz CT molecular complexity index is 1490. The van der Waals surface area contributed by atoms with Gasteiger partial charge in [0.05, 0.1) is 5.69 Å². The van der Waals surface area contributed by atoms with Gasteiger partial charge in [0.1, 0.15) is 17.9 Å². The van der Waals surface area contributed by atoms with Crippen molar-refractivity contribution in [1.29, 1.82) is 0 Å². The second-order valence-electron chi connectivity index (χ2n) is 7.90. The predicted molar refractivity (Wildman–Crippen MR) is 135 cm³/mol. The zero-order valence-corrected chi connectivity index (χ0v) is 19.2. The van der Waals surface area contributed by atoms with Gasteiger partial charge >= 0.3 is 6.03 Å². The molecule has 6 nitrogen and oxygen atoms in total. The molecule has 0 bridgehead atoms. The zero-order chi connectivity index (χ0) is 24.4. The van der Waals surface area contributed by atoms with Gasteiger partial charge in [0, 0.05) is 10.6 Å². The maximum atomic E-state index is 13.2. The Kier molecular flexibility index (Phi) is 6.04. The number of urea groups is 1. The minimum atomic E-state index is -0.819. The van der Waals surface area contributed by atoms with E-state index in [4.69, 9.17) is 16.3 Å². The third-order valence-corrected chi connectivity index (χ3v) is 5.92. The smallest absolute Gasteiger partial charge is 0.335 e. The minimum Gasteiger partial charge on any atom is -0.488 e. The van der Waals surface area contributed by atoms with Crippen LogP contribution in [0.15, 0.2) is 96.6 Å². The van der Waals surface area contributed by atoms with E-state index in [2.05, 4.69) is 5.32 Å². The Labute approximate surface area is 206 Å². The van der Waals surface area contributed by atoms with Crippen LogP contribution in [0.25, 0.3) is 16.8 Å². The van der Waals surface area contributed by atoms with Gasteiger partial charge in [0.2, 0.25) is 0 Å². The summed E-state index contributed by atoms with van der Waals surface area (Å²) in [6.45, 7) is 0.303. The minimum absolute atomic E-state index is 0.180. The van der Waals surface area contributed by atoms with Crippen molar-refractivity contribution in [2.75, 3.05) is 4.90 Å². The Morgan fingerprint density at radius 1 is 0.829 bits per heavy atom.